The lowest BCUT2D eigenvalue weighted by Crippen LogP contribution is -2.06. The van der Waals surface area contributed by atoms with Crippen molar-refractivity contribution in [3.05, 3.63) is 28.7 Å². The maximum atomic E-state index is 5.69. The van der Waals surface area contributed by atoms with Crippen LogP contribution in [0.3, 0.4) is 0 Å². The Hall–Kier alpha value is -0.0200. The molecule has 0 bridgehead atoms. The Bertz CT molecular complexity index is 326. The van der Waals surface area contributed by atoms with E-state index in [1.807, 2.05) is 24.3 Å². The first-order valence-electron chi connectivity index (χ1n) is 6.10. The highest BCUT2D eigenvalue weighted by Crippen LogP contribution is 2.20. The quantitative estimate of drug-likeness (QED) is 0.464. The lowest BCUT2D eigenvalue weighted by atomic mass is 10.1. The van der Waals surface area contributed by atoms with Gasteiger partial charge < -0.3 is 4.74 Å². The maximum Gasteiger partial charge on any atom is 0.120 e. The molecule has 0 fully saturated rings. The van der Waals surface area contributed by atoms with E-state index >= 15 is 0 Å². The number of rotatable bonds is 7. The number of halogens is 2. The minimum Gasteiger partial charge on any atom is -0.494 e. The van der Waals surface area contributed by atoms with E-state index < -0.39 is 0 Å². The maximum absolute atomic E-state index is 5.69. The molecule has 0 aliphatic rings. The molecule has 0 spiro atoms. The van der Waals surface area contributed by atoms with Crippen LogP contribution in [0.25, 0.3) is 0 Å². The first kappa shape index (κ1) is 15.0. The van der Waals surface area contributed by atoms with Gasteiger partial charge in [-0.05, 0) is 43.4 Å². The van der Waals surface area contributed by atoms with E-state index in [1.54, 1.807) is 0 Å². The van der Waals surface area contributed by atoms with Gasteiger partial charge in [-0.15, -0.1) is 0 Å². The van der Waals surface area contributed by atoms with Gasteiger partial charge in [0.1, 0.15) is 5.75 Å². The summed E-state index contributed by atoms with van der Waals surface area (Å²) in [6, 6.07) is 7.99. The van der Waals surface area contributed by atoms with Crippen LogP contribution < -0.4 is 4.74 Å². The predicted molar refractivity (Wildman–Crippen MR) is 81.0 cm³/mol. The summed E-state index contributed by atoms with van der Waals surface area (Å²) in [4.78, 5) is 0.619. The Morgan fingerprint density at radius 2 is 2.06 bits per heavy atom. The van der Waals surface area contributed by atoms with Gasteiger partial charge in [0.2, 0.25) is 0 Å². The molecule has 1 nitrogen and oxygen atoms in total. The number of hydrogen-bond acceptors (Lipinski definition) is 1. The molecular weight excluding hydrogens is 344 g/mol. The zero-order valence-corrected chi connectivity index (χ0v) is 13.6. The van der Waals surface area contributed by atoms with E-state index in [2.05, 4.69) is 45.7 Å². The molecule has 0 amide bonds. The molecule has 0 aliphatic carbocycles. The first-order chi connectivity index (χ1) is 8.08. The van der Waals surface area contributed by atoms with Gasteiger partial charge in [0.05, 0.1) is 6.61 Å². The SMILES string of the molecule is CC(C)CC(Br)CCCOc1cccc(Br)c1. The second-order valence-corrected chi connectivity index (χ2v) is 6.89. The Morgan fingerprint density at radius 1 is 1.29 bits per heavy atom. The summed E-state index contributed by atoms with van der Waals surface area (Å²) in [5.74, 6) is 1.69. The molecule has 1 unspecified atom stereocenters. The van der Waals surface area contributed by atoms with E-state index in [-0.39, 0.29) is 0 Å². The van der Waals surface area contributed by atoms with Crippen molar-refractivity contribution in [3.8, 4) is 5.75 Å². The third-order valence-corrected chi connectivity index (χ3v) is 3.78. The predicted octanol–water partition coefficient (Wildman–Crippen LogP) is 5.42. The van der Waals surface area contributed by atoms with Crippen molar-refractivity contribution in [2.45, 2.75) is 37.9 Å². The van der Waals surface area contributed by atoms with Crippen molar-refractivity contribution in [2.75, 3.05) is 6.61 Å². The molecule has 0 heterocycles. The fourth-order valence-corrected chi connectivity index (χ4v) is 3.13. The van der Waals surface area contributed by atoms with Crippen LogP contribution in [0.4, 0.5) is 0 Å². The highest BCUT2D eigenvalue weighted by Gasteiger charge is 2.06. The van der Waals surface area contributed by atoms with Gasteiger partial charge in [-0.25, -0.2) is 0 Å². The monoisotopic (exact) mass is 362 g/mol. The van der Waals surface area contributed by atoms with E-state index in [0.29, 0.717) is 4.83 Å². The molecule has 0 aromatic heterocycles. The topological polar surface area (TPSA) is 9.23 Å². The van der Waals surface area contributed by atoms with Crippen LogP contribution in [0.2, 0.25) is 0 Å². The standard InChI is InChI=1S/C14H20Br2O/c1-11(2)9-12(15)6-4-8-17-14-7-3-5-13(16)10-14/h3,5,7,10-12H,4,6,8-9H2,1-2H3. The van der Waals surface area contributed by atoms with E-state index in [1.165, 1.54) is 12.8 Å². The summed E-state index contributed by atoms with van der Waals surface area (Å²) in [6.07, 6.45) is 3.50. The molecule has 1 aromatic carbocycles. The molecule has 0 radical (unpaired) electrons. The molecule has 0 N–H and O–H groups in total. The number of benzene rings is 1. The lowest BCUT2D eigenvalue weighted by molar-refractivity contribution is 0.304. The number of alkyl halides is 1. The van der Waals surface area contributed by atoms with Crippen molar-refractivity contribution in [1.29, 1.82) is 0 Å². The fraction of sp³-hybridized carbons (Fsp3) is 0.571. The van der Waals surface area contributed by atoms with Gasteiger partial charge in [-0.2, -0.15) is 0 Å². The van der Waals surface area contributed by atoms with Crippen LogP contribution in [0, 0.1) is 5.92 Å². The first-order valence-corrected chi connectivity index (χ1v) is 7.81. The Balaban J connectivity index is 2.16. The molecule has 1 rings (SSSR count). The molecule has 1 atom stereocenters. The fourth-order valence-electron chi connectivity index (χ4n) is 1.68. The van der Waals surface area contributed by atoms with Crippen LogP contribution in [-0.2, 0) is 0 Å². The van der Waals surface area contributed by atoms with Gasteiger partial charge in [0, 0.05) is 9.30 Å². The zero-order chi connectivity index (χ0) is 12.7. The Morgan fingerprint density at radius 3 is 2.71 bits per heavy atom. The summed E-state index contributed by atoms with van der Waals surface area (Å²) in [7, 11) is 0. The van der Waals surface area contributed by atoms with Crippen LogP contribution in [-0.4, -0.2) is 11.4 Å². The molecule has 0 saturated heterocycles. The number of ether oxygens (including phenoxy) is 1. The molecule has 1 aromatic rings. The van der Waals surface area contributed by atoms with Crippen molar-refractivity contribution in [3.63, 3.8) is 0 Å². The van der Waals surface area contributed by atoms with E-state index in [0.717, 1.165) is 29.2 Å². The van der Waals surface area contributed by atoms with Gasteiger partial charge in [-0.3, -0.25) is 0 Å². The summed E-state index contributed by atoms with van der Waals surface area (Å²) in [5.41, 5.74) is 0. The minimum atomic E-state index is 0.619. The highest BCUT2D eigenvalue weighted by molar-refractivity contribution is 9.10. The normalized spacial score (nSPS) is 12.8. The third kappa shape index (κ3) is 7.10. The van der Waals surface area contributed by atoms with E-state index in [4.69, 9.17) is 4.74 Å². The molecule has 96 valence electrons. The van der Waals surface area contributed by atoms with Gasteiger partial charge >= 0.3 is 0 Å². The molecule has 3 heteroatoms. The average molecular weight is 364 g/mol. The highest BCUT2D eigenvalue weighted by atomic mass is 79.9. The average Bonchev–Trinajstić information content (AvgIpc) is 2.23. The lowest BCUT2D eigenvalue weighted by Gasteiger charge is -2.12. The molecule has 0 aliphatic heterocycles. The Labute approximate surface area is 121 Å². The van der Waals surface area contributed by atoms with Crippen LogP contribution in [0.1, 0.15) is 33.1 Å². The van der Waals surface area contributed by atoms with Gasteiger partial charge in [0.15, 0.2) is 0 Å². The zero-order valence-electron chi connectivity index (χ0n) is 10.5. The molecule has 17 heavy (non-hydrogen) atoms. The smallest absolute Gasteiger partial charge is 0.120 e. The van der Waals surface area contributed by atoms with Crippen molar-refractivity contribution < 1.29 is 4.74 Å². The van der Waals surface area contributed by atoms with Gasteiger partial charge in [0.25, 0.3) is 0 Å². The van der Waals surface area contributed by atoms with Crippen molar-refractivity contribution >= 4 is 31.9 Å². The van der Waals surface area contributed by atoms with E-state index in [9.17, 15) is 0 Å². The third-order valence-electron chi connectivity index (χ3n) is 2.45. The minimum absolute atomic E-state index is 0.619. The van der Waals surface area contributed by atoms with Gasteiger partial charge in [-0.1, -0.05) is 51.8 Å². The van der Waals surface area contributed by atoms with Crippen LogP contribution in [0.5, 0.6) is 5.75 Å². The van der Waals surface area contributed by atoms with Crippen LogP contribution >= 0.6 is 31.9 Å². The summed E-state index contributed by atoms with van der Waals surface area (Å²) in [6.45, 7) is 5.30. The summed E-state index contributed by atoms with van der Waals surface area (Å²) < 4.78 is 6.75. The van der Waals surface area contributed by atoms with Crippen LogP contribution in [0.15, 0.2) is 28.7 Å². The summed E-state index contributed by atoms with van der Waals surface area (Å²) in [5, 5.41) is 0. The Kier molecular flexibility index (Phi) is 7.21. The van der Waals surface area contributed by atoms with Crippen molar-refractivity contribution in [1.82, 2.24) is 0 Å². The van der Waals surface area contributed by atoms with Crippen molar-refractivity contribution in [2.24, 2.45) is 5.92 Å². The second kappa shape index (κ2) is 8.15. The molecule has 0 saturated carbocycles. The number of hydrogen-bond donors (Lipinski definition) is 0. The largest absolute Gasteiger partial charge is 0.494 e. The molecular formula is C14H20Br2O. The summed E-state index contributed by atoms with van der Waals surface area (Å²) >= 11 is 7.15. The second-order valence-electron chi connectivity index (χ2n) is 4.67.